The molecule has 0 aliphatic carbocycles. The number of benzene rings is 1. The van der Waals surface area contributed by atoms with Gasteiger partial charge in [0.05, 0.1) is 0 Å². The molecule has 0 spiro atoms. The third kappa shape index (κ3) is 3.97. The molecule has 1 aromatic carbocycles. The highest BCUT2D eigenvalue weighted by molar-refractivity contribution is 7.98. The lowest BCUT2D eigenvalue weighted by atomic mass is 10.1. The average molecular weight is 410 g/mol. The number of thiophene rings is 1. The van der Waals surface area contributed by atoms with E-state index in [1.807, 2.05) is 0 Å². The van der Waals surface area contributed by atoms with Gasteiger partial charge in [-0.3, -0.25) is 4.57 Å². The zero-order valence-electron chi connectivity index (χ0n) is 15.2. The molecule has 0 amide bonds. The van der Waals surface area contributed by atoms with E-state index >= 15 is 0 Å². The number of rotatable bonds is 6. The van der Waals surface area contributed by atoms with Crippen LogP contribution >= 0.6 is 34.7 Å². The average Bonchev–Trinajstić information content (AvgIpc) is 3.21. The quantitative estimate of drug-likeness (QED) is 0.419. The van der Waals surface area contributed by atoms with E-state index in [1.54, 1.807) is 23.5 Å². The molecule has 3 nitrogen and oxygen atoms in total. The molecule has 0 atom stereocenters. The molecule has 0 unspecified atom stereocenters. The highest BCUT2D eigenvalue weighted by Crippen LogP contribution is 2.34. The fraction of sp³-hybridized carbons (Fsp3) is 0.368. The molecule has 0 aliphatic rings. The van der Waals surface area contributed by atoms with Crippen LogP contribution in [0.3, 0.4) is 0 Å². The molecule has 7 heteroatoms. The van der Waals surface area contributed by atoms with Gasteiger partial charge in [-0.05, 0) is 38.0 Å². The highest BCUT2D eigenvalue weighted by Gasteiger charge is 2.19. The van der Waals surface area contributed by atoms with Crippen molar-refractivity contribution < 1.29 is 4.39 Å². The van der Waals surface area contributed by atoms with E-state index in [1.165, 1.54) is 22.7 Å². The van der Waals surface area contributed by atoms with Gasteiger partial charge in [0.2, 0.25) is 0 Å². The van der Waals surface area contributed by atoms with Crippen molar-refractivity contribution in [1.82, 2.24) is 14.8 Å². The number of hydrogen-bond donors (Lipinski definition) is 0. The van der Waals surface area contributed by atoms with Crippen LogP contribution in [-0.2, 0) is 5.75 Å². The van der Waals surface area contributed by atoms with Gasteiger partial charge in [-0.1, -0.05) is 43.3 Å². The summed E-state index contributed by atoms with van der Waals surface area (Å²) in [5.74, 6) is 1.46. The first-order chi connectivity index (χ1) is 12.4. The lowest BCUT2D eigenvalue weighted by Gasteiger charge is -2.13. The molecule has 3 rings (SSSR count). The van der Waals surface area contributed by atoms with Gasteiger partial charge in [-0.25, -0.2) is 4.39 Å². The van der Waals surface area contributed by atoms with Crippen LogP contribution in [0.25, 0.3) is 11.4 Å². The summed E-state index contributed by atoms with van der Waals surface area (Å²) in [6.45, 7) is 8.57. The van der Waals surface area contributed by atoms with E-state index in [9.17, 15) is 4.39 Å². The van der Waals surface area contributed by atoms with E-state index in [0.717, 1.165) is 16.5 Å². The smallest absolute Gasteiger partial charge is 0.192 e. The first-order valence-corrected chi connectivity index (χ1v) is 10.7. The molecule has 2 heterocycles. The van der Waals surface area contributed by atoms with Gasteiger partial charge < -0.3 is 0 Å². The summed E-state index contributed by atoms with van der Waals surface area (Å²) in [5.41, 5.74) is 1.58. The monoisotopic (exact) mass is 409 g/mol. The van der Waals surface area contributed by atoms with Crippen molar-refractivity contribution in [3.05, 3.63) is 50.9 Å². The molecule has 2 aromatic heterocycles. The summed E-state index contributed by atoms with van der Waals surface area (Å²) in [6, 6.07) is 7.13. The standard InChI is InChI=1S/C19H21ClFN3S2/c1-11(2)17-8-13(9-25-17)18-22-23-19(24(18)12(3)4)26-10-14-15(20)6-5-7-16(14)21/h5-9,11-12H,10H2,1-4H3. The van der Waals surface area contributed by atoms with E-state index in [0.29, 0.717) is 22.3 Å². The van der Waals surface area contributed by atoms with Crippen LogP contribution in [0.5, 0.6) is 0 Å². The molecule has 0 N–H and O–H groups in total. The Labute approximate surface area is 166 Å². The van der Waals surface area contributed by atoms with Crippen molar-refractivity contribution >= 4 is 34.7 Å². The van der Waals surface area contributed by atoms with Crippen LogP contribution in [0.4, 0.5) is 4.39 Å². The SMILES string of the molecule is CC(C)c1cc(-c2nnc(SCc3c(F)cccc3Cl)n2C(C)C)cs1. The molecule has 0 bridgehead atoms. The van der Waals surface area contributed by atoms with Crippen LogP contribution in [-0.4, -0.2) is 14.8 Å². The topological polar surface area (TPSA) is 30.7 Å². The third-order valence-corrected chi connectivity index (χ3v) is 6.59. The number of thioether (sulfide) groups is 1. The minimum absolute atomic E-state index is 0.195. The second-order valence-electron chi connectivity index (χ2n) is 6.65. The van der Waals surface area contributed by atoms with Crippen molar-refractivity contribution in [3.8, 4) is 11.4 Å². The Morgan fingerprint density at radius 1 is 1.23 bits per heavy atom. The zero-order chi connectivity index (χ0) is 18.8. The van der Waals surface area contributed by atoms with Gasteiger partial charge in [0, 0.05) is 38.2 Å². The molecule has 138 valence electrons. The Morgan fingerprint density at radius 2 is 2.00 bits per heavy atom. The Morgan fingerprint density at radius 3 is 2.62 bits per heavy atom. The van der Waals surface area contributed by atoms with Crippen molar-refractivity contribution in [1.29, 1.82) is 0 Å². The van der Waals surface area contributed by atoms with Crippen LogP contribution in [0.15, 0.2) is 34.8 Å². The normalized spacial score (nSPS) is 11.7. The van der Waals surface area contributed by atoms with Gasteiger partial charge >= 0.3 is 0 Å². The first kappa shape index (κ1) is 19.4. The predicted molar refractivity (Wildman–Crippen MR) is 109 cm³/mol. The van der Waals surface area contributed by atoms with Gasteiger partial charge in [-0.2, -0.15) is 0 Å². The minimum atomic E-state index is -0.291. The van der Waals surface area contributed by atoms with Crippen molar-refractivity contribution in [2.75, 3.05) is 0 Å². The lowest BCUT2D eigenvalue weighted by Crippen LogP contribution is -2.05. The number of nitrogens with zero attached hydrogens (tertiary/aromatic N) is 3. The maximum absolute atomic E-state index is 14.0. The third-order valence-electron chi connectivity index (χ3n) is 4.04. The van der Waals surface area contributed by atoms with Crippen LogP contribution in [0, 0.1) is 5.82 Å². The maximum Gasteiger partial charge on any atom is 0.192 e. The molecule has 26 heavy (non-hydrogen) atoms. The summed E-state index contributed by atoms with van der Waals surface area (Å²) in [5, 5.41) is 12.1. The summed E-state index contributed by atoms with van der Waals surface area (Å²) in [4.78, 5) is 1.32. The number of halogens is 2. The van der Waals surface area contributed by atoms with Gasteiger partial charge in [0.1, 0.15) is 5.82 Å². The molecular formula is C19H21ClFN3S2. The van der Waals surface area contributed by atoms with Gasteiger partial charge in [0.15, 0.2) is 11.0 Å². The Balaban J connectivity index is 1.90. The molecule has 3 aromatic rings. The van der Waals surface area contributed by atoms with E-state index in [2.05, 4.69) is 53.9 Å². The zero-order valence-corrected chi connectivity index (χ0v) is 17.6. The Bertz CT molecular complexity index is 882. The summed E-state index contributed by atoms with van der Waals surface area (Å²) < 4.78 is 16.1. The molecule has 0 saturated heterocycles. The van der Waals surface area contributed by atoms with Crippen LogP contribution in [0.2, 0.25) is 5.02 Å². The molecule has 0 fully saturated rings. The van der Waals surface area contributed by atoms with Crippen molar-refractivity contribution in [2.45, 2.75) is 50.6 Å². The molecule has 0 saturated carbocycles. The van der Waals surface area contributed by atoms with E-state index in [4.69, 9.17) is 11.6 Å². The summed E-state index contributed by atoms with van der Waals surface area (Å²) in [7, 11) is 0. The van der Waals surface area contributed by atoms with Crippen LogP contribution < -0.4 is 0 Å². The second-order valence-corrected chi connectivity index (χ2v) is 8.94. The first-order valence-electron chi connectivity index (χ1n) is 8.47. The largest absolute Gasteiger partial charge is 0.299 e. The molecule has 0 aliphatic heterocycles. The lowest BCUT2D eigenvalue weighted by molar-refractivity contribution is 0.555. The minimum Gasteiger partial charge on any atom is -0.299 e. The van der Waals surface area contributed by atoms with Crippen LogP contribution in [0.1, 0.15) is 50.1 Å². The fourth-order valence-corrected chi connectivity index (χ4v) is 4.93. The summed E-state index contributed by atoms with van der Waals surface area (Å²) in [6.07, 6.45) is 0. The van der Waals surface area contributed by atoms with E-state index < -0.39 is 0 Å². The molecule has 0 radical (unpaired) electrons. The van der Waals surface area contributed by atoms with E-state index in [-0.39, 0.29) is 11.9 Å². The Hall–Kier alpha value is -1.37. The van der Waals surface area contributed by atoms with Crippen molar-refractivity contribution in [2.24, 2.45) is 0 Å². The highest BCUT2D eigenvalue weighted by atomic mass is 35.5. The maximum atomic E-state index is 14.0. The summed E-state index contributed by atoms with van der Waals surface area (Å²) >= 11 is 9.33. The fourth-order valence-electron chi connectivity index (χ4n) is 2.62. The van der Waals surface area contributed by atoms with Crippen molar-refractivity contribution in [3.63, 3.8) is 0 Å². The number of aromatic nitrogens is 3. The second kappa shape index (κ2) is 8.11. The Kier molecular flexibility index (Phi) is 6.05. The molecular weight excluding hydrogens is 389 g/mol. The van der Waals surface area contributed by atoms with Gasteiger partial charge in [-0.15, -0.1) is 21.5 Å². The number of hydrogen-bond acceptors (Lipinski definition) is 4. The predicted octanol–water partition coefficient (Wildman–Crippen LogP) is 6.80. The van der Waals surface area contributed by atoms with Gasteiger partial charge in [0.25, 0.3) is 0 Å².